The van der Waals surface area contributed by atoms with Gasteiger partial charge in [-0.1, -0.05) is 43.3 Å². The van der Waals surface area contributed by atoms with Crippen LogP contribution in [0.4, 0.5) is 11.5 Å². The van der Waals surface area contributed by atoms with Crippen LogP contribution in [0.2, 0.25) is 0 Å². The lowest BCUT2D eigenvalue weighted by molar-refractivity contribution is -0.117. The van der Waals surface area contributed by atoms with Crippen molar-refractivity contribution in [1.29, 1.82) is 0 Å². The van der Waals surface area contributed by atoms with E-state index in [1.165, 1.54) is 0 Å². The summed E-state index contributed by atoms with van der Waals surface area (Å²) in [5, 5.41) is 8.40. The summed E-state index contributed by atoms with van der Waals surface area (Å²) in [7, 11) is 0. The molecule has 0 bridgehead atoms. The highest BCUT2D eigenvalue weighted by atomic mass is 16.5. The van der Waals surface area contributed by atoms with Gasteiger partial charge in [0.05, 0.1) is 17.7 Å². The molecule has 0 saturated carbocycles. The molecule has 33 heavy (non-hydrogen) atoms. The van der Waals surface area contributed by atoms with Crippen LogP contribution in [0.25, 0.3) is 11.0 Å². The molecule has 3 aromatic rings. The number of aromatic nitrogens is 1. The molecule has 7 nitrogen and oxygen atoms in total. The summed E-state index contributed by atoms with van der Waals surface area (Å²) in [5.41, 5.74) is 2.67. The van der Waals surface area contributed by atoms with Gasteiger partial charge in [0.25, 0.3) is 0 Å². The first-order chi connectivity index (χ1) is 16.0. The first-order valence-corrected chi connectivity index (χ1v) is 11.9. The van der Waals surface area contributed by atoms with Crippen molar-refractivity contribution in [2.24, 2.45) is 0 Å². The largest absolute Gasteiger partial charge is 0.491 e. The summed E-state index contributed by atoms with van der Waals surface area (Å²) in [6.07, 6.45) is 2.57. The Balaban J connectivity index is 1.07. The molecule has 5 rings (SSSR count). The second kappa shape index (κ2) is 9.06. The molecule has 1 aromatic heterocycles. The van der Waals surface area contributed by atoms with Gasteiger partial charge in [0.1, 0.15) is 5.75 Å². The van der Waals surface area contributed by atoms with E-state index >= 15 is 0 Å². The zero-order chi connectivity index (χ0) is 22.8. The van der Waals surface area contributed by atoms with Gasteiger partial charge in [-0.3, -0.25) is 9.69 Å². The normalized spacial score (nSPS) is 18.2. The van der Waals surface area contributed by atoms with Gasteiger partial charge in [-0.2, -0.15) is 0 Å². The van der Waals surface area contributed by atoms with E-state index in [1.807, 2.05) is 30.3 Å². The maximum absolute atomic E-state index is 12.1. The SMILES string of the molecule is CC1(C)CC(=O)Nc2c(OCCCCN3CCN(c4noc5ccccc45)CC3)cccc21. The van der Waals surface area contributed by atoms with E-state index in [9.17, 15) is 4.79 Å². The molecule has 0 aliphatic carbocycles. The van der Waals surface area contributed by atoms with Crippen molar-refractivity contribution in [3.8, 4) is 5.75 Å². The maximum Gasteiger partial charge on any atom is 0.225 e. The first-order valence-electron chi connectivity index (χ1n) is 11.9. The second-order valence-corrected chi connectivity index (χ2v) is 9.67. The van der Waals surface area contributed by atoms with Crippen LogP contribution < -0.4 is 15.0 Å². The highest BCUT2D eigenvalue weighted by molar-refractivity contribution is 5.97. The van der Waals surface area contributed by atoms with Crippen LogP contribution in [0.1, 0.15) is 38.7 Å². The van der Waals surface area contributed by atoms with E-state index in [2.05, 4.69) is 46.3 Å². The topological polar surface area (TPSA) is 70.8 Å². The van der Waals surface area contributed by atoms with Crippen molar-refractivity contribution in [3.05, 3.63) is 48.0 Å². The molecule has 2 aliphatic rings. The molecule has 7 heteroatoms. The number of hydrogen-bond donors (Lipinski definition) is 1. The predicted molar refractivity (Wildman–Crippen MR) is 130 cm³/mol. The van der Waals surface area contributed by atoms with Gasteiger partial charge in [0, 0.05) is 38.0 Å². The van der Waals surface area contributed by atoms with Crippen LogP contribution in [-0.2, 0) is 10.2 Å². The maximum atomic E-state index is 12.1. The van der Waals surface area contributed by atoms with Gasteiger partial charge in [-0.25, -0.2) is 0 Å². The number of unbranched alkanes of at least 4 members (excludes halogenated alkanes) is 1. The summed E-state index contributed by atoms with van der Waals surface area (Å²) in [5.74, 6) is 1.79. The number of nitrogens with zero attached hydrogens (tertiary/aromatic N) is 3. The molecule has 1 N–H and O–H groups in total. The number of ether oxygens (including phenoxy) is 1. The summed E-state index contributed by atoms with van der Waals surface area (Å²) >= 11 is 0. The van der Waals surface area contributed by atoms with Gasteiger partial charge in [0.2, 0.25) is 5.91 Å². The third-order valence-corrected chi connectivity index (χ3v) is 6.78. The molecule has 0 spiro atoms. The fourth-order valence-corrected chi connectivity index (χ4v) is 4.93. The minimum Gasteiger partial charge on any atom is -0.491 e. The van der Waals surface area contributed by atoms with E-state index in [0.717, 1.165) is 79.4 Å². The Morgan fingerprint density at radius 3 is 2.73 bits per heavy atom. The van der Waals surface area contributed by atoms with Crippen molar-refractivity contribution in [3.63, 3.8) is 0 Å². The predicted octanol–water partition coefficient (Wildman–Crippen LogP) is 4.43. The average Bonchev–Trinajstić information content (AvgIpc) is 3.23. The number of rotatable bonds is 7. The van der Waals surface area contributed by atoms with Crippen molar-refractivity contribution in [1.82, 2.24) is 10.1 Å². The zero-order valence-corrected chi connectivity index (χ0v) is 19.5. The molecule has 3 heterocycles. The molecule has 1 fully saturated rings. The van der Waals surface area contributed by atoms with E-state index in [4.69, 9.17) is 9.26 Å². The highest BCUT2D eigenvalue weighted by Crippen LogP contribution is 2.42. The molecule has 0 unspecified atom stereocenters. The lowest BCUT2D eigenvalue weighted by atomic mass is 9.78. The summed E-state index contributed by atoms with van der Waals surface area (Å²) in [6, 6.07) is 14.1. The molecular weight excluding hydrogens is 416 g/mol. The van der Waals surface area contributed by atoms with Crippen LogP contribution in [0.5, 0.6) is 5.75 Å². The molecular formula is C26H32N4O3. The number of nitrogens with one attached hydrogen (secondary N) is 1. The third kappa shape index (κ3) is 4.55. The van der Waals surface area contributed by atoms with Crippen LogP contribution in [0, 0.1) is 0 Å². The number of benzene rings is 2. The van der Waals surface area contributed by atoms with Crippen LogP contribution in [0.3, 0.4) is 0 Å². The Kier molecular flexibility index (Phi) is 5.98. The average molecular weight is 449 g/mol. The Bertz CT molecular complexity index is 1130. The van der Waals surface area contributed by atoms with Crippen LogP contribution in [-0.4, -0.2) is 55.3 Å². The van der Waals surface area contributed by atoms with Crippen molar-refractivity contribution in [2.75, 3.05) is 49.5 Å². The van der Waals surface area contributed by atoms with E-state index < -0.39 is 0 Å². The number of anilines is 2. The second-order valence-electron chi connectivity index (χ2n) is 9.67. The van der Waals surface area contributed by atoms with Gasteiger partial charge in [-0.05, 0) is 43.1 Å². The number of carbonyl (C=O) groups excluding carboxylic acids is 1. The number of hydrogen-bond acceptors (Lipinski definition) is 6. The van der Waals surface area contributed by atoms with E-state index in [0.29, 0.717) is 13.0 Å². The Morgan fingerprint density at radius 2 is 1.88 bits per heavy atom. The molecule has 2 aliphatic heterocycles. The Labute approximate surface area is 194 Å². The molecule has 1 saturated heterocycles. The third-order valence-electron chi connectivity index (χ3n) is 6.78. The van der Waals surface area contributed by atoms with Gasteiger partial charge in [-0.15, -0.1) is 0 Å². The van der Waals surface area contributed by atoms with Crippen molar-refractivity contribution in [2.45, 2.75) is 38.5 Å². The van der Waals surface area contributed by atoms with Gasteiger partial charge in [0.15, 0.2) is 11.4 Å². The molecule has 0 atom stereocenters. The zero-order valence-electron chi connectivity index (χ0n) is 19.5. The van der Waals surface area contributed by atoms with E-state index in [1.54, 1.807) is 0 Å². The molecule has 174 valence electrons. The minimum atomic E-state index is -0.169. The molecule has 2 aromatic carbocycles. The number of amides is 1. The molecule has 1 amide bonds. The lowest BCUT2D eigenvalue weighted by Gasteiger charge is -2.34. The fourth-order valence-electron chi connectivity index (χ4n) is 4.93. The quantitative estimate of drug-likeness (QED) is 0.539. The monoisotopic (exact) mass is 448 g/mol. The number of carbonyl (C=O) groups is 1. The van der Waals surface area contributed by atoms with Crippen molar-refractivity contribution >= 4 is 28.4 Å². The Hall–Kier alpha value is -3.06. The highest BCUT2D eigenvalue weighted by Gasteiger charge is 2.33. The number of piperazine rings is 1. The van der Waals surface area contributed by atoms with E-state index in [-0.39, 0.29) is 11.3 Å². The van der Waals surface area contributed by atoms with Crippen LogP contribution >= 0.6 is 0 Å². The fraction of sp³-hybridized carbons (Fsp3) is 0.462. The first kappa shape index (κ1) is 21.8. The number of para-hydroxylation sites is 2. The minimum absolute atomic E-state index is 0.0568. The summed E-state index contributed by atoms with van der Waals surface area (Å²) < 4.78 is 11.5. The van der Waals surface area contributed by atoms with Crippen molar-refractivity contribution < 1.29 is 14.1 Å². The standard InChI is InChI=1S/C26H32N4O3/c1-26(2)18-23(31)27-24-20(26)9-7-11-22(24)32-17-6-5-12-29-13-15-30(16-14-29)25-19-8-3-4-10-21(19)33-28-25/h3-4,7-11H,5-6,12-18H2,1-2H3,(H,27,31). The smallest absolute Gasteiger partial charge is 0.225 e. The van der Waals surface area contributed by atoms with Gasteiger partial charge >= 0.3 is 0 Å². The summed E-state index contributed by atoms with van der Waals surface area (Å²) in [6.45, 7) is 9.89. The summed E-state index contributed by atoms with van der Waals surface area (Å²) in [4.78, 5) is 16.9. The number of fused-ring (bicyclic) bond motifs is 2. The van der Waals surface area contributed by atoms with Crippen LogP contribution in [0.15, 0.2) is 47.0 Å². The molecule has 0 radical (unpaired) electrons. The van der Waals surface area contributed by atoms with Gasteiger partial charge < -0.3 is 19.5 Å². The lowest BCUT2D eigenvalue weighted by Crippen LogP contribution is -2.46. The Morgan fingerprint density at radius 1 is 1.06 bits per heavy atom.